The number of ether oxygens (including phenoxy) is 2. The number of hydrogen-bond acceptors (Lipinski definition) is 3. The van der Waals surface area contributed by atoms with Gasteiger partial charge in [0.2, 0.25) is 0 Å². The van der Waals surface area contributed by atoms with E-state index in [1.165, 1.54) is 5.56 Å². The van der Waals surface area contributed by atoms with Crippen LogP contribution in [0.15, 0.2) is 84.9 Å². The highest BCUT2D eigenvalue weighted by Crippen LogP contribution is 2.22. The Bertz CT molecular complexity index is 724. The molecule has 24 heavy (non-hydrogen) atoms. The van der Waals surface area contributed by atoms with Crippen LogP contribution in [-0.4, -0.2) is 24.4 Å². The van der Waals surface area contributed by atoms with E-state index >= 15 is 0 Å². The molecule has 1 unspecified atom stereocenters. The van der Waals surface area contributed by atoms with Crippen LogP contribution in [0.3, 0.4) is 0 Å². The Morgan fingerprint density at radius 1 is 0.583 bits per heavy atom. The van der Waals surface area contributed by atoms with Crippen molar-refractivity contribution in [2.45, 2.75) is 6.10 Å². The zero-order chi connectivity index (χ0) is 16.6. The number of aliphatic hydroxyl groups is 1. The van der Waals surface area contributed by atoms with E-state index in [-0.39, 0.29) is 13.2 Å². The molecule has 3 rings (SSSR count). The van der Waals surface area contributed by atoms with Gasteiger partial charge in [-0.25, -0.2) is 0 Å². The molecular weight excluding hydrogens is 300 g/mol. The fraction of sp³-hybridized carbons (Fsp3) is 0.143. The summed E-state index contributed by atoms with van der Waals surface area (Å²) < 4.78 is 11.1. The fourth-order valence-corrected chi connectivity index (χ4v) is 2.32. The minimum atomic E-state index is -0.681. The van der Waals surface area contributed by atoms with Crippen molar-refractivity contribution in [2.24, 2.45) is 0 Å². The van der Waals surface area contributed by atoms with Crippen LogP contribution < -0.4 is 9.47 Å². The van der Waals surface area contributed by atoms with Gasteiger partial charge in [0.15, 0.2) is 0 Å². The Labute approximate surface area is 142 Å². The number of benzene rings is 3. The molecule has 3 heteroatoms. The highest BCUT2D eigenvalue weighted by atomic mass is 16.5. The highest BCUT2D eigenvalue weighted by molar-refractivity contribution is 5.63. The lowest BCUT2D eigenvalue weighted by Crippen LogP contribution is -2.25. The standard InChI is InChI=1S/C21H20O3/c22-19(15-23-20-9-5-2-6-10-20)16-24-21-13-11-18(12-14-21)17-7-3-1-4-8-17/h1-14,19,22H,15-16H2. The molecule has 1 atom stereocenters. The van der Waals surface area contributed by atoms with E-state index in [2.05, 4.69) is 12.1 Å². The Hall–Kier alpha value is -2.78. The molecule has 0 heterocycles. The maximum Gasteiger partial charge on any atom is 0.122 e. The SMILES string of the molecule is OC(COc1ccccc1)COc1ccc(-c2ccccc2)cc1. The average molecular weight is 320 g/mol. The van der Waals surface area contributed by atoms with Crippen LogP contribution in [0.1, 0.15) is 0 Å². The van der Waals surface area contributed by atoms with Gasteiger partial charge in [-0.15, -0.1) is 0 Å². The van der Waals surface area contributed by atoms with E-state index in [0.29, 0.717) is 0 Å². The van der Waals surface area contributed by atoms with E-state index in [0.717, 1.165) is 17.1 Å². The van der Waals surface area contributed by atoms with Gasteiger partial charge in [0.25, 0.3) is 0 Å². The van der Waals surface area contributed by atoms with Gasteiger partial charge in [0.05, 0.1) is 0 Å². The van der Waals surface area contributed by atoms with E-state index in [4.69, 9.17) is 9.47 Å². The Morgan fingerprint density at radius 3 is 1.62 bits per heavy atom. The lowest BCUT2D eigenvalue weighted by atomic mass is 10.1. The lowest BCUT2D eigenvalue weighted by molar-refractivity contribution is 0.0626. The molecule has 0 saturated carbocycles. The first-order valence-electron chi connectivity index (χ1n) is 7.95. The van der Waals surface area contributed by atoms with E-state index < -0.39 is 6.10 Å². The zero-order valence-electron chi connectivity index (χ0n) is 13.3. The molecular formula is C21H20O3. The zero-order valence-corrected chi connectivity index (χ0v) is 13.3. The molecule has 1 N–H and O–H groups in total. The Morgan fingerprint density at radius 2 is 1.04 bits per heavy atom. The summed E-state index contributed by atoms with van der Waals surface area (Å²) >= 11 is 0. The average Bonchev–Trinajstić information content (AvgIpc) is 2.67. The quantitative estimate of drug-likeness (QED) is 0.710. The third kappa shape index (κ3) is 4.61. The largest absolute Gasteiger partial charge is 0.491 e. The van der Waals surface area contributed by atoms with Crippen LogP contribution in [0, 0.1) is 0 Å². The maximum atomic E-state index is 9.95. The molecule has 0 aliphatic heterocycles. The van der Waals surface area contributed by atoms with Crippen molar-refractivity contribution in [1.29, 1.82) is 0 Å². The Balaban J connectivity index is 1.48. The molecule has 0 aliphatic carbocycles. The van der Waals surface area contributed by atoms with Gasteiger partial charge in [-0.05, 0) is 35.4 Å². The molecule has 0 fully saturated rings. The van der Waals surface area contributed by atoms with E-state index in [9.17, 15) is 5.11 Å². The number of rotatable bonds is 7. The lowest BCUT2D eigenvalue weighted by Gasteiger charge is -2.14. The summed E-state index contributed by atoms with van der Waals surface area (Å²) in [5.41, 5.74) is 2.30. The fourth-order valence-electron chi connectivity index (χ4n) is 2.32. The third-order valence-corrected chi connectivity index (χ3v) is 3.59. The summed E-state index contributed by atoms with van der Waals surface area (Å²) in [7, 11) is 0. The predicted molar refractivity (Wildman–Crippen MR) is 95.3 cm³/mol. The summed E-state index contributed by atoms with van der Waals surface area (Å²) in [5.74, 6) is 1.47. The smallest absolute Gasteiger partial charge is 0.122 e. The summed E-state index contributed by atoms with van der Waals surface area (Å²) in [6, 6.07) is 27.4. The van der Waals surface area contributed by atoms with Crippen LogP contribution >= 0.6 is 0 Å². The molecule has 0 bridgehead atoms. The number of aliphatic hydroxyl groups excluding tert-OH is 1. The second kappa shape index (κ2) is 8.18. The van der Waals surface area contributed by atoms with Crippen LogP contribution in [0.4, 0.5) is 0 Å². The third-order valence-electron chi connectivity index (χ3n) is 3.59. The molecule has 0 spiro atoms. The molecule has 3 aromatic rings. The van der Waals surface area contributed by atoms with Gasteiger partial charge in [-0.1, -0.05) is 60.7 Å². The summed E-state index contributed by atoms with van der Waals surface area (Å²) in [6.07, 6.45) is -0.681. The summed E-state index contributed by atoms with van der Waals surface area (Å²) in [5, 5.41) is 9.95. The molecule has 122 valence electrons. The van der Waals surface area contributed by atoms with Crippen molar-refractivity contribution in [3.63, 3.8) is 0 Å². The molecule has 3 nitrogen and oxygen atoms in total. The molecule has 0 radical (unpaired) electrons. The first-order valence-corrected chi connectivity index (χ1v) is 7.95. The summed E-state index contributed by atoms with van der Waals surface area (Å²) in [6.45, 7) is 0.392. The van der Waals surface area contributed by atoms with Crippen LogP contribution in [0.2, 0.25) is 0 Å². The van der Waals surface area contributed by atoms with Gasteiger partial charge in [0.1, 0.15) is 30.8 Å². The molecule has 0 amide bonds. The first kappa shape index (κ1) is 16.1. The monoisotopic (exact) mass is 320 g/mol. The van der Waals surface area contributed by atoms with E-state index in [1.807, 2.05) is 72.8 Å². The second-order valence-corrected chi connectivity index (χ2v) is 5.48. The number of para-hydroxylation sites is 1. The minimum Gasteiger partial charge on any atom is -0.491 e. The van der Waals surface area contributed by atoms with Crippen molar-refractivity contribution in [3.8, 4) is 22.6 Å². The second-order valence-electron chi connectivity index (χ2n) is 5.48. The van der Waals surface area contributed by atoms with Crippen LogP contribution in [-0.2, 0) is 0 Å². The highest BCUT2D eigenvalue weighted by Gasteiger charge is 2.07. The predicted octanol–water partition coefficient (Wildman–Crippen LogP) is 4.17. The van der Waals surface area contributed by atoms with Gasteiger partial charge >= 0.3 is 0 Å². The van der Waals surface area contributed by atoms with Crippen molar-refractivity contribution in [2.75, 3.05) is 13.2 Å². The van der Waals surface area contributed by atoms with Crippen LogP contribution in [0.5, 0.6) is 11.5 Å². The Kier molecular flexibility index (Phi) is 5.48. The van der Waals surface area contributed by atoms with Crippen LogP contribution in [0.25, 0.3) is 11.1 Å². The topological polar surface area (TPSA) is 38.7 Å². The van der Waals surface area contributed by atoms with Crippen molar-refractivity contribution in [3.05, 3.63) is 84.9 Å². The summed E-state index contributed by atoms with van der Waals surface area (Å²) in [4.78, 5) is 0. The van der Waals surface area contributed by atoms with Gasteiger partial charge in [0, 0.05) is 0 Å². The van der Waals surface area contributed by atoms with Gasteiger partial charge < -0.3 is 14.6 Å². The first-order chi connectivity index (χ1) is 11.8. The van der Waals surface area contributed by atoms with Crippen molar-refractivity contribution < 1.29 is 14.6 Å². The van der Waals surface area contributed by atoms with E-state index in [1.54, 1.807) is 0 Å². The molecule has 0 aromatic heterocycles. The van der Waals surface area contributed by atoms with Gasteiger partial charge in [-0.3, -0.25) is 0 Å². The normalized spacial score (nSPS) is 11.7. The molecule has 3 aromatic carbocycles. The van der Waals surface area contributed by atoms with Gasteiger partial charge in [-0.2, -0.15) is 0 Å². The number of hydrogen-bond donors (Lipinski definition) is 1. The van der Waals surface area contributed by atoms with Crippen molar-refractivity contribution >= 4 is 0 Å². The molecule has 0 aliphatic rings. The minimum absolute atomic E-state index is 0.192. The maximum absolute atomic E-state index is 9.95. The van der Waals surface area contributed by atoms with Crippen molar-refractivity contribution in [1.82, 2.24) is 0 Å². The molecule has 0 saturated heterocycles.